The minimum atomic E-state index is -3.69. The number of hydrogen-bond acceptors (Lipinski definition) is 5. The minimum absolute atomic E-state index is 0.0189. The lowest BCUT2D eigenvalue weighted by atomic mass is 10.1. The van der Waals surface area contributed by atoms with Gasteiger partial charge in [-0.2, -0.15) is 0 Å². The van der Waals surface area contributed by atoms with Crippen LogP contribution in [0.3, 0.4) is 0 Å². The van der Waals surface area contributed by atoms with E-state index in [2.05, 4.69) is 9.71 Å². The average molecular weight is 328 g/mol. The van der Waals surface area contributed by atoms with Crippen LogP contribution in [0, 0.1) is 0 Å². The summed E-state index contributed by atoms with van der Waals surface area (Å²) >= 11 is 0.983. The second-order valence-corrected chi connectivity index (χ2v) is 7.05. The van der Waals surface area contributed by atoms with Gasteiger partial charge in [-0.3, -0.25) is 4.79 Å². The summed E-state index contributed by atoms with van der Waals surface area (Å²) in [4.78, 5) is 13.4. The zero-order chi connectivity index (χ0) is 15.5. The second kappa shape index (κ2) is 6.52. The molecule has 0 radical (unpaired) electrons. The van der Waals surface area contributed by atoms with E-state index in [9.17, 15) is 18.3 Å². The molecule has 0 fully saturated rings. The van der Waals surface area contributed by atoms with Gasteiger partial charge in [-0.15, -0.1) is 0 Å². The smallest absolute Gasteiger partial charge is 0.304 e. The van der Waals surface area contributed by atoms with Crippen molar-refractivity contribution in [2.24, 2.45) is 0 Å². The maximum atomic E-state index is 12.2. The molecule has 2 aromatic rings. The second-order valence-electron chi connectivity index (χ2n) is 4.44. The van der Waals surface area contributed by atoms with Crippen molar-refractivity contribution < 1.29 is 13.5 Å². The van der Waals surface area contributed by atoms with Crippen LogP contribution in [-0.2, 0) is 29.6 Å². The molecule has 0 saturated carbocycles. The lowest BCUT2D eigenvalue weighted by molar-refractivity contribution is 0.280. The van der Waals surface area contributed by atoms with Crippen LogP contribution in [0.25, 0.3) is 0 Å². The van der Waals surface area contributed by atoms with E-state index in [-0.39, 0.29) is 22.9 Å². The Morgan fingerprint density at radius 3 is 2.67 bits per heavy atom. The number of aryl methyl sites for hydroxylation is 1. The Morgan fingerprint density at radius 1 is 1.33 bits per heavy atom. The molecule has 0 unspecified atom stereocenters. The Bertz CT molecular complexity index is 777. The van der Waals surface area contributed by atoms with Crippen molar-refractivity contribution in [1.29, 1.82) is 0 Å². The summed E-state index contributed by atoms with van der Waals surface area (Å²) in [6, 6.07) is 4.68. The topological polar surface area (TPSA) is 99.3 Å². The third kappa shape index (κ3) is 3.79. The van der Waals surface area contributed by atoms with Crippen molar-refractivity contribution in [3.8, 4) is 0 Å². The standard InChI is InChI=1S/C13H16N2O4S2/c1-2-9-3-4-12(5-10(9)7-16)21(18,19)14-6-11-8-20-13(17)15-11/h3-5,8,14,16H,2,6-7H2,1H3,(H,15,17). The van der Waals surface area contributed by atoms with Crippen molar-refractivity contribution in [3.05, 3.63) is 50.1 Å². The number of benzene rings is 1. The number of aromatic nitrogens is 1. The van der Waals surface area contributed by atoms with E-state index in [0.717, 1.165) is 23.3 Å². The van der Waals surface area contributed by atoms with Gasteiger partial charge in [-0.05, 0) is 29.7 Å². The molecule has 2 rings (SSSR count). The number of aliphatic hydroxyl groups is 1. The monoisotopic (exact) mass is 328 g/mol. The molecule has 1 aromatic carbocycles. The molecule has 0 aliphatic heterocycles. The summed E-state index contributed by atoms with van der Waals surface area (Å²) in [6.45, 7) is 1.75. The quantitative estimate of drug-likeness (QED) is 0.736. The van der Waals surface area contributed by atoms with Crippen molar-refractivity contribution in [2.75, 3.05) is 0 Å². The Kier molecular flexibility index (Phi) is 4.94. The van der Waals surface area contributed by atoms with Gasteiger partial charge in [-0.1, -0.05) is 24.3 Å². The lowest BCUT2D eigenvalue weighted by Gasteiger charge is -2.10. The van der Waals surface area contributed by atoms with Crippen LogP contribution in [0.4, 0.5) is 0 Å². The van der Waals surface area contributed by atoms with Crippen molar-refractivity contribution in [3.63, 3.8) is 0 Å². The molecule has 3 N–H and O–H groups in total. The SMILES string of the molecule is CCc1ccc(S(=O)(=O)NCc2csc(=O)[nH]2)cc1CO. The summed E-state index contributed by atoms with van der Waals surface area (Å²) in [6.07, 6.45) is 0.722. The maximum Gasteiger partial charge on any atom is 0.304 e. The van der Waals surface area contributed by atoms with Crippen LogP contribution in [-0.4, -0.2) is 18.5 Å². The molecule has 0 saturated heterocycles. The van der Waals surface area contributed by atoms with E-state index in [0.29, 0.717) is 11.3 Å². The predicted molar refractivity (Wildman–Crippen MR) is 80.7 cm³/mol. The summed E-state index contributed by atoms with van der Waals surface area (Å²) in [5.74, 6) is 0. The Balaban J connectivity index is 2.21. The third-order valence-corrected chi connectivity index (χ3v) is 5.18. The first kappa shape index (κ1) is 15.9. The molecule has 1 aromatic heterocycles. The number of hydrogen-bond donors (Lipinski definition) is 3. The van der Waals surface area contributed by atoms with E-state index >= 15 is 0 Å². The minimum Gasteiger partial charge on any atom is -0.392 e. The van der Waals surface area contributed by atoms with E-state index in [4.69, 9.17) is 0 Å². The van der Waals surface area contributed by atoms with Gasteiger partial charge in [0.15, 0.2) is 0 Å². The van der Waals surface area contributed by atoms with Gasteiger partial charge in [0.2, 0.25) is 10.0 Å². The fourth-order valence-electron chi connectivity index (χ4n) is 1.92. The van der Waals surface area contributed by atoms with Gasteiger partial charge in [0.25, 0.3) is 0 Å². The highest BCUT2D eigenvalue weighted by molar-refractivity contribution is 7.89. The van der Waals surface area contributed by atoms with Crippen molar-refractivity contribution in [2.45, 2.75) is 31.4 Å². The Labute approximate surface area is 126 Å². The zero-order valence-corrected chi connectivity index (χ0v) is 13.1. The van der Waals surface area contributed by atoms with Gasteiger partial charge < -0.3 is 10.1 Å². The number of nitrogens with one attached hydrogen (secondary N) is 2. The van der Waals surface area contributed by atoms with E-state index in [1.165, 1.54) is 12.1 Å². The van der Waals surface area contributed by atoms with E-state index < -0.39 is 10.0 Å². The molecule has 0 spiro atoms. The Morgan fingerprint density at radius 2 is 2.10 bits per heavy atom. The van der Waals surface area contributed by atoms with Crippen LogP contribution >= 0.6 is 11.3 Å². The molecule has 0 amide bonds. The van der Waals surface area contributed by atoms with Gasteiger partial charge in [0.05, 0.1) is 18.0 Å². The number of rotatable bonds is 6. The molecule has 1 heterocycles. The summed E-state index contributed by atoms with van der Waals surface area (Å²) in [5, 5.41) is 10.9. The number of aliphatic hydroxyl groups excluding tert-OH is 1. The number of thiazole rings is 1. The first-order valence-electron chi connectivity index (χ1n) is 6.35. The average Bonchev–Trinajstić information content (AvgIpc) is 2.90. The molecule has 21 heavy (non-hydrogen) atoms. The maximum absolute atomic E-state index is 12.2. The number of sulfonamides is 1. The predicted octanol–water partition coefficient (Wildman–Crippen LogP) is 0.970. The highest BCUT2D eigenvalue weighted by atomic mass is 32.2. The highest BCUT2D eigenvalue weighted by Crippen LogP contribution is 2.17. The lowest BCUT2D eigenvalue weighted by Crippen LogP contribution is -2.24. The summed E-state index contributed by atoms with van der Waals surface area (Å²) in [7, 11) is -3.69. The molecule has 0 aliphatic carbocycles. The Hall–Kier alpha value is -1.48. The normalized spacial score (nSPS) is 11.7. The highest BCUT2D eigenvalue weighted by Gasteiger charge is 2.15. The first-order valence-corrected chi connectivity index (χ1v) is 8.71. The molecular formula is C13H16N2O4S2. The largest absolute Gasteiger partial charge is 0.392 e. The van der Waals surface area contributed by atoms with Crippen molar-refractivity contribution in [1.82, 2.24) is 9.71 Å². The molecule has 0 aliphatic rings. The molecular weight excluding hydrogens is 312 g/mol. The van der Waals surface area contributed by atoms with Crippen LogP contribution < -0.4 is 9.60 Å². The molecule has 0 atom stereocenters. The molecule has 114 valence electrons. The molecule has 0 bridgehead atoms. The summed E-state index contributed by atoms with van der Waals surface area (Å²) in [5.41, 5.74) is 2.03. The van der Waals surface area contributed by atoms with E-state index in [1.54, 1.807) is 11.4 Å². The fraction of sp³-hybridized carbons (Fsp3) is 0.308. The number of H-pyrrole nitrogens is 1. The van der Waals surface area contributed by atoms with E-state index in [1.807, 2.05) is 6.92 Å². The van der Waals surface area contributed by atoms with Crippen LogP contribution in [0.5, 0.6) is 0 Å². The zero-order valence-electron chi connectivity index (χ0n) is 11.4. The molecule has 6 nitrogen and oxygen atoms in total. The van der Waals surface area contributed by atoms with Crippen molar-refractivity contribution >= 4 is 21.4 Å². The fourth-order valence-corrected chi connectivity index (χ4v) is 3.56. The van der Waals surface area contributed by atoms with Gasteiger partial charge in [0, 0.05) is 11.1 Å². The molecule has 8 heteroatoms. The summed E-state index contributed by atoms with van der Waals surface area (Å²) < 4.78 is 26.8. The van der Waals surface area contributed by atoms with Gasteiger partial charge in [0.1, 0.15) is 0 Å². The van der Waals surface area contributed by atoms with Gasteiger partial charge >= 0.3 is 4.87 Å². The van der Waals surface area contributed by atoms with Crippen LogP contribution in [0.1, 0.15) is 23.7 Å². The first-order chi connectivity index (χ1) is 9.96. The third-order valence-electron chi connectivity index (χ3n) is 3.06. The van der Waals surface area contributed by atoms with Crippen LogP contribution in [0.2, 0.25) is 0 Å². The van der Waals surface area contributed by atoms with Gasteiger partial charge in [-0.25, -0.2) is 13.1 Å². The number of aromatic amines is 1. The van der Waals surface area contributed by atoms with Crippen LogP contribution in [0.15, 0.2) is 33.3 Å².